The van der Waals surface area contributed by atoms with Crippen LogP contribution in [0.25, 0.3) is 88.0 Å². The quantitative estimate of drug-likeness (QED) is 0.167. The fraction of sp³-hybridized carbons (Fsp3) is 0.133. The van der Waals surface area contributed by atoms with Gasteiger partial charge in [0.1, 0.15) is 22.3 Å². The Balaban J connectivity index is 1.16. The molecular weight excluding hydrogens is 767 g/mol. The molecule has 0 spiro atoms. The van der Waals surface area contributed by atoms with Crippen molar-refractivity contribution in [3.8, 4) is 33.4 Å². The van der Waals surface area contributed by atoms with E-state index in [9.17, 15) is 0 Å². The molecule has 63 heavy (non-hydrogen) atoms. The molecule has 2 heterocycles. The molecule has 2 aromatic heterocycles. The molecule has 3 nitrogen and oxygen atoms in total. The third-order valence-corrected chi connectivity index (χ3v) is 12.8. The second-order valence-corrected chi connectivity index (χ2v) is 19.0. The van der Waals surface area contributed by atoms with Gasteiger partial charge in [-0.15, -0.1) is 0 Å². The minimum absolute atomic E-state index is 0.0127. The predicted octanol–water partition coefficient (Wildman–Crippen LogP) is 17.7. The molecular formula is C60H49NO2. The van der Waals surface area contributed by atoms with E-state index in [4.69, 9.17) is 8.83 Å². The lowest BCUT2D eigenvalue weighted by atomic mass is 9.78. The maximum Gasteiger partial charge on any atom is 0.137 e. The number of nitrogens with zero attached hydrogens (tertiary/aromatic N) is 1. The fourth-order valence-corrected chi connectivity index (χ4v) is 9.43. The Bertz CT molecular complexity index is 3510. The van der Waals surface area contributed by atoms with E-state index < -0.39 is 0 Å². The van der Waals surface area contributed by atoms with Gasteiger partial charge in [0.2, 0.25) is 0 Å². The van der Waals surface area contributed by atoms with E-state index in [0.29, 0.717) is 0 Å². The molecule has 0 aliphatic heterocycles. The Hall–Kier alpha value is -7.36. The summed E-state index contributed by atoms with van der Waals surface area (Å²) in [6.07, 6.45) is 0. The summed E-state index contributed by atoms with van der Waals surface area (Å²) in [5.74, 6) is 0. The minimum Gasteiger partial charge on any atom is -0.456 e. The van der Waals surface area contributed by atoms with E-state index in [1.165, 1.54) is 38.6 Å². The SMILES string of the molecule is CC(C)(C)c1cc(-c2cccc3cccc(-c4ccccc4N(c4cccc(-c5ccc6c(c5)oc5ccccc56)c4)c4cccc5oc6ccccc6c45)c23)cc(C(C)(C)C)c1. The van der Waals surface area contributed by atoms with Gasteiger partial charge in [-0.2, -0.15) is 0 Å². The molecule has 11 aromatic rings. The number of anilines is 3. The van der Waals surface area contributed by atoms with Crippen molar-refractivity contribution in [1.29, 1.82) is 0 Å². The number of para-hydroxylation sites is 3. The molecule has 11 rings (SSSR count). The van der Waals surface area contributed by atoms with E-state index in [-0.39, 0.29) is 10.8 Å². The van der Waals surface area contributed by atoms with Gasteiger partial charge in [0.05, 0.1) is 16.8 Å². The smallest absolute Gasteiger partial charge is 0.137 e. The first-order chi connectivity index (χ1) is 30.5. The lowest BCUT2D eigenvalue weighted by molar-refractivity contribution is 0.569. The van der Waals surface area contributed by atoms with Gasteiger partial charge < -0.3 is 13.7 Å². The molecule has 0 radical (unpaired) electrons. The van der Waals surface area contributed by atoms with Gasteiger partial charge in [-0.3, -0.25) is 0 Å². The molecule has 0 bridgehead atoms. The summed E-state index contributed by atoms with van der Waals surface area (Å²) < 4.78 is 12.9. The van der Waals surface area contributed by atoms with Crippen LogP contribution in [0.5, 0.6) is 0 Å². The zero-order valence-electron chi connectivity index (χ0n) is 36.7. The van der Waals surface area contributed by atoms with Crippen LogP contribution in [0, 0.1) is 0 Å². The molecule has 306 valence electrons. The van der Waals surface area contributed by atoms with Crippen molar-refractivity contribution < 1.29 is 8.83 Å². The summed E-state index contributed by atoms with van der Waals surface area (Å²) in [5.41, 5.74) is 16.3. The molecule has 9 aromatic carbocycles. The summed E-state index contributed by atoms with van der Waals surface area (Å²) >= 11 is 0. The van der Waals surface area contributed by atoms with Crippen molar-refractivity contribution in [1.82, 2.24) is 0 Å². The molecule has 0 saturated heterocycles. The molecule has 0 N–H and O–H groups in total. The normalized spacial score (nSPS) is 12.3. The minimum atomic E-state index is -0.0127. The first kappa shape index (κ1) is 38.6. The standard InChI is InChI=1S/C60H49NO2/c1-59(2,3)42-33-41(34-43(37-42)60(4,5)6)45-24-14-17-38-18-15-25-49(57(38)45)46-21-7-10-26-51(46)61(52-27-16-30-55-58(52)50-23-9-12-29-54(50)62-55)44-20-13-19-39(35-44)40-31-32-48-47-22-8-11-28-53(47)63-56(48)36-40/h7-37H,1-6H3. The number of fused-ring (bicyclic) bond motifs is 7. The second kappa shape index (κ2) is 14.6. The maximum atomic E-state index is 6.54. The fourth-order valence-electron chi connectivity index (χ4n) is 9.43. The molecule has 0 aliphatic rings. The Labute approximate surface area is 368 Å². The van der Waals surface area contributed by atoms with Gasteiger partial charge in [-0.1, -0.05) is 175 Å². The van der Waals surface area contributed by atoms with Gasteiger partial charge in [0, 0.05) is 27.4 Å². The molecule has 0 unspecified atom stereocenters. The second-order valence-electron chi connectivity index (χ2n) is 19.0. The van der Waals surface area contributed by atoms with E-state index in [1.54, 1.807) is 0 Å². The number of hydrogen-bond donors (Lipinski definition) is 0. The van der Waals surface area contributed by atoms with Crippen LogP contribution < -0.4 is 4.90 Å². The zero-order valence-corrected chi connectivity index (χ0v) is 36.7. The molecule has 0 atom stereocenters. The number of furan rings is 2. The monoisotopic (exact) mass is 815 g/mol. The van der Waals surface area contributed by atoms with Crippen LogP contribution in [0.3, 0.4) is 0 Å². The first-order valence-corrected chi connectivity index (χ1v) is 22.0. The molecule has 0 amide bonds. The van der Waals surface area contributed by atoms with Gasteiger partial charge in [0.15, 0.2) is 0 Å². The third kappa shape index (κ3) is 6.67. The highest BCUT2D eigenvalue weighted by atomic mass is 16.3. The topological polar surface area (TPSA) is 29.5 Å². The predicted molar refractivity (Wildman–Crippen MR) is 267 cm³/mol. The van der Waals surface area contributed by atoms with Crippen molar-refractivity contribution >= 4 is 71.7 Å². The van der Waals surface area contributed by atoms with Gasteiger partial charge in [-0.25, -0.2) is 0 Å². The van der Waals surface area contributed by atoms with Crippen molar-refractivity contribution in [2.75, 3.05) is 4.90 Å². The largest absolute Gasteiger partial charge is 0.456 e. The van der Waals surface area contributed by atoms with Crippen LogP contribution >= 0.6 is 0 Å². The van der Waals surface area contributed by atoms with Gasteiger partial charge >= 0.3 is 0 Å². The molecule has 0 saturated carbocycles. The Morgan fingerprint density at radius 1 is 0.349 bits per heavy atom. The average Bonchev–Trinajstić information content (AvgIpc) is 3.87. The Morgan fingerprint density at radius 3 is 1.67 bits per heavy atom. The van der Waals surface area contributed by atoms with Crippen molar-refractivity contribution in [2.24, 2.45) is 0 Å². The van der Waals surface area contributed by atoms with Crippen molar-refractivity contribution in [2.45, 2.75) is 52.4 Å². The van der Waals surface area contributed by atoms with Gasteiger partial charge in [-0.05, 0) is 115 Å². The molecule has 0 aliphatic carbocycles. The Morgan fingerprint density at radius 2 is 0.905 bits per heavy atom. The van der Waals surface area contributed by atoms with Crippen molar-refractivity contribution in [3.05, 3.63) is 199 Å². The van der Waals surface area contributed by atoms with Crippen LogP contribution in [-0.2, 0) is 10.8 Å². The van der Waals surface area contributed by atoms with Crippen LogP contribution in [0.2, 0.25) is 0 Å². The van der Waals surface area contributed by atoms with Crippen LogP contribution in [0.4, 0.5) is 17.1 Å². The first-order valence-electron chi connectivity index (χ1n) is 22.0. The summed E-state index contributed by atoms with van der Waals surface area (Å²) in [6.45, 7) is 13.9. The lowest BCUT2D eigenvalue weighted by Crippen LogP contribution is -2.16. The number of rotatable bonds is 6. The van der Waals surface area contributed by atoms with E-state index >= 15 is 0 Å². The van der Waals surface area contributed by atoms with E-state index in [2.05, 4.69) is 216 Å². The third-order valence-electron chi connectivity index (χ3n) is 12.8. The van der Waals surface area contributed by atoms with E-state index in [1.807, 2.05) is 18.2 Å². The number of benzene rings is 9. The summed E-state index contributed by atoms with van der Waals surface area (Å²) in [7, 11) is 0. The highest BCUT2D eigenvalue weighted by molar-refractivity contribution is 6.15. The van der Waals surface area contributed by atoms with Crippen molar-refractivity contribution in [3.63, 3.8) is 0 Å². The summed E-state index contributed by atoms with van der Waals surface area (Å²) in [5, 5.41) is 6.84. The van der Waals surface area contributed by atoms with Crippen LogP contribution in [0.1, 0.15) is 52.7 Å². The van der Waals surface area contributed by atoms with E-state index in [0.717, 1.165) is 77.6 Å². The highest BCUT2D eigenvalue weighted by Crippen LogP contribution is 2.49. The van der Waals surface area contributed by atoms with Crippen LogP contribution in [0.15, 0.2) is 197 Å². The summed E-state index contributed by atoms with van der Waals surface area (Å²) in [6, 6.07) is 68.2. The molecule has 0 fully saturated rings. The van der Waals surface area contributed by atoms with Crippen LogP contribution in [-0.4, -0.2) is 0 Å². The highest BCUT2D eigenvalue weighted by Gasteiger charge is 2.25. The molecule has 3 heteroatoms. The van der Waals surface area contributed by atoms with Gasteiger partial charge in [0.25, 0.3) is 0 Å². The maximum absolute atomic E-state index is 6.54. The number of hydrogen-bond acceptors (Lipinski definition) is 3. The average molecular weight is 816 g/mol. The Kier molecular flexibility index (Phi) is 8.96. The summed E-state index contributed by atoms with van der Waals surface area (Å²) in [4.78, 5) is 2.43. The zero-order chi connectivity index (χ0) is 43.0. The lowest BCUT2D eigenvalue weighted by Gasteiger charge is -2.29.